The Labute approximate surface area is 97.2 Å². The first kappa shape index (κ1) is 11.6. The molecule has 2 heterocycles. The summed E-state index contributed by atoms with van der Waals surface area (Å²) in [7, 11) is 0. The second kappa shape index (κ2) is 5.97. The first-order valence-corrected chi connectivity index (χ1v) is 6.04. The Morgan fingerprint density at radius 3 is 2.88 bits per heavy atom. The third kappa shape index (κ3) is 3.58. The molecule has 1 N–H and O–H groups in total. The summed E-state index contributed by atoms with van der Waals surface area (Å²) in [6.45, 7) is 5.87. The first-order chi connectivity index (χ1) is 7.84. The van der Waals surface area contributed by atoms with Crippen molar-refractivity contribution >= 4 is 0 Å². The monoisotopic (exact) mass is 220 g/mol. The molecule has 0 aromatic carbocycles. The van der Waals surface area contributed by atoms with Crippen LogP contribution in [0.2, 0.25) is 0 Å². The van der Waals surface area contributed by atoms with Gasteiger partial charge in [0.1, 0.15) is 0 Å². The van der Waals surface area contributed by atoms with E-state index >= 15 is 0 Å². The van der Waals surface area contributed by atoms with Gasteiger partial charge in [-0.15, -0.1) is 0 Å². The Morgan fingerprint density at radius 2 is 2.19 bits per heavy atom. The highest BCUT2D eigenvalue weighted by molar-refractivity contribution is 5.11. The number of aryl methyl sites for hydroxylation is 1. The van der Waals surface area contributed by atoms with E-state index < -0.39 is 0 Å². The normalized spacial score (nSPS) is 17.6. The van der Waals surface area contributed by atoms with Crippen LogP contribution in [0, 0.1) is 12.8 Å². The molecule has 0 saturated carbocycles. The molecule has 0 spiro atoms. The van der Waals surface area contributed by atoms with Crippen LogP contribution < -0.4 is 5.32 Å². The lowest BCUT2D eigenvalue weighted by Gasteiger charge is -2.22. The first-order valence-electron chi connectivity index (χ1n) is 6.04. The third-order valence-electron chi connectivity index (χ3n) is 3.05. The predicted molar refractivity (Wildman–Crippen MR) is 64.2 cm³/mol. The van der Waals surface area contributed by atoms with Crippen molar-refractivity contribution in [2.75, 3.05) is 19.8 Å². The smallest absolute Gasteiger partial charge is 0.0541 e. The van der Waals surface area contributed by atoms with Gasteiger partial charge in [-0.3, -0.25) is 4.98 Å². The van der Waals surface area contributed by atoms with E-state index in [2.05, 4.69) is 29.4 Å². The lowest BCUT2D eigenvalue weighted by molar-refractivity contribution is 0.0662. The van der Waals surface area contributed by atoms with Crippen LogP contribution in [-0.2, 0) is 11.3 Å². The Balaban J connectivity index is 1.69. The van der Waals surface area contributed by atoms with Crippen molar-refractivity contribution in [3.8, 4) is 0 Å². The van der Waals surface area contributed by atoms with E-state index in [-0.39, 0.29) is 0 Å². The van der Waals surface area contributed by atoms with Crippen LogP contribution in [0.15, 0.2) is 18.3 Å². The Morgan fingerprint density at radius 1 is 1.38 bits per heavy atom. The molecule has 0 aliphatic carbocycles. The molecule has 1 aromatic rings. The number of ether oxygens (including phenoxy) is 1. The molecule has 3 nitrogen and oxygen atoms in total. The fourth-order valence-corrected chi connectivity index (χ4v) is 1.96. The number of hydrogen-bond acceptors (Lipinski definition) is 3. The average Bonchev–Trinajstić information content (AvgIpc) is 2.33. The fraction of sp³-hybridized carbons (Fsp3) is 0.615. The van der Waals surface area contributed by atoms with E-state index in [9.17, 15) is 0 Å². The minimum absolute atomic E-state index is 0.777. The van der Waals surface area contributed by atoms with Crippen LogP contribution in [0.1, 0.15) is 24.1 Å². The van der Waals surface area contributed by atoms with Crippen molar-refractivity contribution in [2.45, 2.75) is 26.3 Å². The number of nitrogens with zero attached hydrogens (tertiary/aromatic N) is 1. The molecule has 1 aromatic heterocycles. The van der Waals surface area contributed by atoms with Crippen molar-refractivity contribution in [1.29, 1.82) is 0 Å². The molecule has 1 saturated heterocycles. The van der Waals surface area contributed by atoms with Gasteiger partial charge >= 0.3 is 0 Å². The highest BCUT2D eigenvalue weighted by Crippen LogP contribution is 2.13. The molecule has 0 unspecified atom stereocenters. The van der Waals surface area contributed by atoms with E-state index in [1.165, 1.54) is 18.4 Å². The zero-order chi connectivity index (χ0) is 11.2. The van der Waals surface area contributed by atoms with Crippen LogP contribution in [0.5, 0.6) is 0 Å². The molecule has 1 fully saturated rings. The van der Waals surface area contributed by atoms with Gasteiger partial charge in [0.15, 0.2) is 0 Å². The van der Waals surface area contributed by atoms with Crippen molar-refractivity contribution in [1.82, 2.24) is 10.3 Å². The highest BCUT2D eigenvalue weighted by atomic mass is 16.5. The van der Waals surface area contributed by atoms with Crippen LogP contribution in [-0.4, -0.2) is 24.7 Å². The van der Waals surface area contributed by atoms with Gasteiger partial charge in [-0.1, -0.05) is 6.07 Å². The molecule has 0 atom stereocenters. The molecule has 1 aliphatic rings. The maximum Gasteiger partial charge on any atom is 0.0541 e. The van der Waals surface area contributed by atoms with E-state index in [4.69, 9.17) is 4.74 Å². The van der Waals surface area contributed by atoms with E-state index in [1.807, 2.05) is 6.20 Å². The lowest BCUT2D eigenvalue weighted by Crippen LogP contribution is -2.27. The summed E-state index contributed by atoms with van der Waals surface area (Å²) < 4.78 is 5.34. The molecule has 1 aliphatic heterocycles. The van der Waals surface area contributed by atoms with Gasteiger partial charge in [-0.2, -0.15) is 0 Å². The third-order valence-corrected chi connectivity index (χ3v) is 3.05. The Kier molecular flexibility index (Phi) is 4.31. The maximum atomic E-state index is 5.34. The molecular weight excluding hydrogens is 200 g/mol. The van der Waals surface area contributed by atoms with Gasteiger partial charge in [0, 0.05) is 26.0 Å². The largest absolute Gasteiger partial charge is 0.381 e. The summed E-state index contributed by atoms with van der Waals surface area (Å²) in [5.41, 5.74) is 2.34. The number of nitrogens with one attached hydrogen (secondary N) is 1. The average molecular weight is 220 g/mol. The summed E-state index contributed by atoms with van der Waals surface area (Å²) in [6.07, 6.45) is 4.30. The molecular formula is C13H20N2O. The molecule has 16 heavy (non-hydrogen) atoms. The maximum absolute atomic E-state index is 5.34. The van der Waals surface area contributed by atoms with Gasteiger partial charge in [0.2, 0.25) is 0 Å². The summed E-state index contributed by atoms with van der Waals surface area (Å²) >= 11 is 0. The zero-order valence-corrected chi connectivity index (χ0v) is 9.91. The molecule has 2 rings (SSSR count). The van der Waals surface area contributed by atoms with Gasteiger partial charge in [-0.05, 0) is 43.9 Å². The summed E-state index contributed by atoms with van der Waals surface area (Å²) in [5, 5.41) is 3.47. The van der Waals surface area contributed by atoms with Crippen molar-refractivity contribution < 1.29 is 4.74 Å². The SMILES string of the molecule is Cc1ccc(CNCC2CCOCC2)nc1. The molecule has 0 bridgehead atoms. The summed E-state index contributed by atoms with van der Waals surface area (Å²) in [5.74, 6) is 0.777. The van der Waals surface area contributed by atoms with Crippen LogP contribution in [0.4, 0.5) is 0 Å². The van der Waals surface area contributed by atoms with Crippen LogP contribution in [0.25, 0.3) is 0 Å². The second-order valence-corrected chi connectivity index (χ2v) is 4.51. The number of pyridine rings is 1. The van der Waals surface area contributed by atoms with E-state index in [1.54, 1.807) is 0 Å². The predicted octanol–water partition coefficient (Wildman–Crippen LogP) is 1.91. The molecule has 0 radical (unpaired) electrons. The fourth-order valence-electron chi connectivity index (χ4n) is 1.96. The Hall–Kier alpha value is -0.930. The standard InChI is InChI=1S/C13H20N2O/c1-11-2-3-13(15-8-11)10-14-9-12-4-6-16-7-5-12/h2-3,8,12,14H,4-7,9-10H2,1H3. The van der Waals surface area contributed by atoms with Crippen molar-refractivity contribution in [3.05, 3.63) is 29.6 Å². The zero-order valence-electron chi connectivity index (χ0n) is 9.91. The van der Waals surface area contributed by atoms with Crippen molar-refractivity contribution in [2.24, 2.45) is 5.92 Å². The Bertz CT molecular complexity index is 304. The minimum atomic E-state index is 0.777. The van der Waals surface area contributed by atoms with E-state index in [0.717, 1.165) is 37.9 Å². The van der Waals surface area contributed by atoms with Gasteiger partial charge in [-0.25, -0.2) is 0 Å². The molecule has 0 amide bonds. The molecule has 88 valence electrons. The van der Waals surface area contributed by atoms with Gasteiger partial charge in [0.25, 0.3) is 0 Å². The highest BCUT2D eigenvalue weighted by Gasteiger charge is 2.12. The van der Waals surface area contributed by atoms with Gasteiger partial charge < -0.3 is 10.1 Å². The van der Waals surface area contributed by atoms with Crippen LogP contribution in [0.3, 0.4) is 0 Å². The summed E-state index contributed by atoms with van der Waals surface area (Å²) in [4.78, 5) is 4.37. The number of hydrogen-bond donors (Lipinski definition) is 1. The second-order valence-electron chi connectivity index (χ2n) is 4.51. The number of aromatic nitrogens is 1. The van der Waals surface area contributed by atoms with E-state index in [0.29, 0.717) is 0 Å². The lowest BCUT2D eigenvalue weighted by atomic mass is 10.0. The molecule has 3 heteroatoms. The van der Waals surface area contributed by atoms with Gasteiger partial charge in [0.05, 0.1) is 5.69 Å². The minimum Gasteiger partial charge on any atom is -0.381 e. The summed E-state index contributed by atoms with van der Waals surface area (Å²) in [6, 6.07) is 4.20. The number of rotatable bonds is 4. The topological polar surface area (TPSA) is 34.1 Å². The van der Waals surface area contributed by atoms with Crippen molar-refractivity contribution in [3.63, 3.8) is 0 Å². The quantitative estimate of drug-likeness (QED) is 0.841. The van der Waals surface area contributed by atoms with Crippen LogP contribution >= 0.6 is 0 Å².